The third kappa shape index (κ3) is 2.32. The number of thioether (sulfide) groups is 1. The fourth-order valence-corrected chi connectivity index (χ4v) is 5.75. The second-order valence-electron chi connectivity index (χ2n) is 7.30. The summed E-state index contributed by atoms with van der Waals surface area (Å²) < 4.78 is 0. The van der Waals surface area contributed by atoms with Gasteiger partial charge in [-0.2, -0.15) is 11.8 Å². The number of amides is 4. The number of urea groups is 1. The first-order valence-corrected chi connectivity index (χ1v) is 10.5. The standard InChI is InChI=1S/C21H19N3O3S/c25-18-21(19(26)24(20(27)22-18)15-7-2-1-3-8-15)12-14-6-4-5-9-16(14)23-10-11-28-13-17(21)23/h1-9,17H,10-13H2,(H,22,25,27). The normalized spacial score (nSPS) is 26.7. The van der Waals surface area contributed by atoms with Gasteiger partial charge in [-0.3, -0.25) is 14.9 Å². The van der Waals surface area contributed by atoms with Gasteiger partial charge in [-0.15, -0.1) is 0 Å². The molecule has 142 valence electrons. The summed E-state index contributed by atoms with van der Waals surface area (Å²) in [6.07, 6.45) is 0.298. The lowest BCUT2D eigenvalue weighted by molar-refractivity contribution is -0.144. The Morgan fingerprint density at radius 3 is 2.57 bits per heavy atom. The lowest BCUT2D eigenvalue weighted by atomic mass is 9.69. The molecule has 5 rings (SSSR count). The van der Waals surface area contributed by atoms with E-state index in [0.717, 1.165) is 28.4 Å². The molecule has 4 amide bonds. The van der Waals surface area contributed by atoms with Crippen LogP contribution in [0.2, 0.25) is 0 Å². The van der Waals surface area contributed by atoms with E-state index in [1.807, 2.05) is 24.3 Å². The van der Waals surface area contributed by atoms with Crippen LogP contribution in [0.4, 0.5) is 16.2 Å². The summed E-state index contributed by atoms with van der Waals surface area (Å²) in [5.41, 5.74) is 1.22. The van der Waals surface area contributed by atoms with Crippen molar-refractivity contribution in [2.45, 2.75) is 12.5 Å². The molecule has 2 saturated heterocycles. The van der Waals surface area contributed by atoms with Crippen molar-refractivity contribution >= 4 is 41.0 Å². The van der Waals surface area contributed by atoms with Gasteiger partial charge in [0.1, 0.15) is 0 Å². The smallest absolute Gasteiger partial charge is 0.335 e. The van der Waals surface area contributed by atoms with E-state index >= 15 is 0 Å². The van der Waals surface area contributed by atoms with Gasteiger partial charge in [0.05, 0.1) is 11.7 Å². The van der Waals surface area contributed by atoms with Crippen LogP contribution in [0.5, 0.6) is 0 Å². The fraction of sp³-hybridized carbons (Fsp3) is 0.286. The van der Waals surface area contributed by atoms with E-state index in [9.17, 15) is 14.4 Å². The van der Waals surface area contributed by atoms with Crippen molar-refractivity contribution in [2.75, 3.05) is 27.9 Å². The van der Waals surface area contributed by atoms with Gasteiger partial charge in [-0.25, -0.2) is 9.69 Å². The highest BCUT2D eigenvalue weighted by atomic mass is 32.2. The number of imide groups is 2. The summed E-state index contributed by atoms with van der Waals surface area (Å²) in [5.74, 6) is 0.698. The zero-order chi connectivity index (χ0) is 19.3. The number of para-hydroxylation sites is 2. The molecule has 3 aliphatic rings. The first kappa shape index (κ1) is 17.3. The number of anilines is 2. The van der Waals surface area contributed by atoms with Crippen LogP contribution in [-0.2, 0) is 16.0 Å². The number of fused-ring (bicyclic) bond motifs is 4. The number of hydrogen-bond acceptors (Lipinski definition) is 5. The molecule has 2 atom stereocenters. The Kier molecular flexibility index (Phi) is 3.94. The van der Waals surface area contributed by atoms with Crippen molar-refractivity contribution in [1.29, 1.82) is 0 Å². The minimum absolute atomic E-state index is 0.284. The summed E-state index contributed by atoms with van der Waals surface area (Å²) in [6, 6.07) is 15.8. The van der Waals surface area contributed by atoms with Crippen LogP contribution in [0.3, 0.4) is 0 Å². The Bertz CT molecular complexity index is 980. The molecule has 2 aromatic rings. The number of rotatable bonds is 1. The van der Waals surface area contributed by atoms with Gasteiger partial charge in [-0.05, 0) is 30.2 Å². The molecule has 6 nitrogen and oxygen atoms in total. The lowest BCUT2D eigenvalue weighted by Crippen LogP contribution is -2.73. The second-order valence-corrected chi connectivity index (χ2v) is 8.45. The number of carbonyl (C=O) groups is 3. The zero-order valence-electron chi connectivity index (χ0n) is 15.1. The molecule has 1 spiro atoms. The molecule has 2 fully saturated rings. The number of nitrogens with one attached hydrogen (secondary N) is 1. The Morgan fingerprint density at radius 2 is 1.75 bits per heavy atom. The average Bonchev–Trinajstić information content (AvgIpc) is 2.73. The molecule has 2 aromatic carbocycles. The number of benzene rings is 2. The number of barbiturate groups is 1. The molecule has 2 unspecified atom stereocenters. The first-order chi connectivity index (χ1) is 13.6. The van der Waals surface area contributed by atoms with E-state index < -0.39 is 23.3 Å². The SMILES string of the molecule is O=C1NC(=O)C2(Cc3ccccc3N3CCSCC32)C(=O)N1c1ccccc1. The maximum absolute atomic E-state index is 13.8. The highest BCUT2D eigenvalue weighted by molar-refractivity contribution is 7.99. The number of hydrogen-bond donors (Lipinski definition) is 1. The molecule has 7 heteroatoms. The summed E-state index contributed by atoms with van der Waals surface area (Å²) in [4.78, 5) is 42.9. The number of carbonyl (C=O) groups excluding carboxylic acids is 3. The van der Waals surface area contributed by atoms with E-state index in [4.69, 9.17) is 0 Å². The average molecular weight is 393 g/mol. The first-order valence-electron chi connectivity index (χ1n) is 9.30. The van der Waals surface area contributed by atoms with Crippen LogP contribution in [0, 0.1) is 5.41 Å². The molecule has 1 N–H and O–H groups in total. The molecular weight excluding hydrogens is 374 g/mol. The summed E-state index contributed by atoms with van der Waals surface area (Å²) in [6.45, 7) is 0.772. The highest BCUT2D eigenvalue weighted by Gasteiger charge is 2.62. The Morgan fingerprint density at radius 1 is 1.00 bits per heavy atom. The lowest BCUT2D eigenvalue weighted by Gasteiger charge is -2.53. The second kappa shape index (κ2) is 6.38. The Hall–Kier alpha value is -2.80. The third-order valence-corrected chi connectivity index (χ3v) is 6.92. The van der Waals surface area contributed by atoms with Gasteiger partial charge in [0.2, 0.25) is 5.91 Å². The molecular formula is C21H19N3O3S. The molecule has 0 radical (unpaired) electrons. The van der Waals surface area contributed by atoms with Crippen LogP contribution < -0.4 is 15.1 Å². The van der Waals surface area contributed by atoms with Crippen LogP contribution >= 0.6 is 11.8 Å². The van der Waals surface area contributed by atoms with Crippen molar-refractivity contribution in [2.24, 2.45) is 5.41 Å². The van der Waals surface area contributed by atoms with Gasteiger partial charge in [0.25, 0.3) is 5.91 Å². The minimum atomic E-state index is -1.31. The van der Waals surface area contributed by atoms with E-state index in [-0.39, 0.29) is 6.04 Å². The zero-order valence-corrected chi connectivity index (χ0v) is 15.9. The van der Waals surface area contributed by atoms with Gasteiger partial charge in [0.15, 0.2) is 5.41 Å². The maximum atomic E-state index is 13.8. The topological polar surface area (TPSA) is 69.7 Å². The van der Waals surface area contributed by atoms with E-state index in [1.54, 1.807) is 36.0 Å². The van der Waals surface area contributed by atoms with Crippen LogP contribution in [0.25, 0.3) is 0 Å². The number of nitrogens with zero attached hydrogens (tertiary/aromatic N) is 2. The fourth-order valence-electron chi connectivity index (χ4n) is 4.57. The van der Waals surface area contributed by atoms with Gasteiger partial charge >= 0.3 is 6.03 Å². The van der Waals surface area contributed by atoms with Crippen LogP contribution in [0.15, 0.2) is 54.6 Å². The Labute approximate surface area is 166 Å². The van der Waals surface area contributed by atoms with Crippen molar-refractivity contribution < 1.29 is 14.4 Å². The van der Waals surface area contributed by atoms with Gasteiger partial charge in [-0.1, -0.05) is 36.4 Å². The van der Waals surface area contributed by atoms with Gasteiger partial charge < -0.3 is 4.90 Å². The van der Waals surface area contributed by atoms with Gasteiger partial charge in [0, 0.05) is 23.7 Å². The summed E-state index contributed by atoms with van der Waals surface area (Å²) >= 11 is 1.75. The monoisotopic (exact) mass is 393 g/mol. The van der Waals surface area contributed by atoms with Crippen molar-refractivity contribution in [3.8, 4) is 0 Å². The minimum Gasteiger partial charge on any atom is -0.365 e. The quantitative estimate of drug-likeness (QED) is 0.754. The van der Waals surface area contributed by atoms with Crippen LogP contribution in [0.1, 0.15) is 5.56 Å². The largest absolute Gasteiger partial charge is 0.365 e. The van der Waals surface area contributed by atoms with E-state index in [0.29, 0.717) is 17.9 Å². The predicted octanol–water partition coefficient (Wildman–Crippen LogP) is 2.43. The summed E-state index contributed by atoms with van der Waals surface area (Å²) in [7, 11) is 0. The molecule has 28 heavy (non-hydrogen) atoms. The Balaban J connectivity index is 1.67. The molecule has 0 aromatic heterocycles. The molecule has 0 aliphatic carbocycles. The third-order valence-electron chi connectivity index (χ3n) is 5.90. The van der Waals surface area contributed by atoms with Crippen molar-refractivity contribution in [3.63, 3.8) is 0 Å². The molecule has 3 aliphatic heterocycles. The predicted molar refractivity (Wildman–Crippen MR) is 109 cm³/mol. The van der Waals surface area contributed by atoms with E-state index in [2.05, 4.69) is 16.3 Å². The van der Waals surface area contributed by atoms with E-state index in [1.165, 1.54) is 0 Å². The maximum Gasteiger partial charge on any atom is 0.335 e. The highest BCUT2D eigenvalue weighted by Crippen LogP contribution is 2.47. The van der Waals surface area contributed by atoms with Crippen molar-refractivity contribution in [1.82, 2.24) is 5.32 Å². The molecule has 0 bridgehead atoms. The van der Waals surface area contributed by atoms with Crippen molar-refractivity contribution in [3.05, 3.63) is 60.2 Å². The molecule has 3 heterocycles. The molecule has 0 saturated carbocycles. The summed E-state index contributed by atoms with van der Waals surface area (Å²) in [5, 5.41) is 2.47. The van der Waals surface area contributed by atoms with Crippen LogP contribution in [-0.4, -0.2) is 41.9 Å².